The summed E-state index contributed by atoms with van der Waals surface area (Å²) >= 11 is 2.06. The van der Waals surface area contributed by atoms with Crippen LogP contribution in [0.1, 0.15) is 68.1 Å². The van der Waals surface area contributed by atoms with Crippen LogP contribution in [0.15, 0.2) is 23.8 Å². The van der Waals surface area contributed by atoms with E-state index < -0.39 is 24.4 Å². The molecule has 4 unspecified atom stereocenters. The first-order chi connectivity index (χ1) is 21.2. The van der Waals surface area contributed by atoms with Gasteiger partial charge >= 0.3 is 0 Å². The standard InChI is InChI=1S/C33H43IN2O8/c1-42-28-11-22(17-38)10-24(34)30(28)44-27-13-23(31(40)35-4-5-37)12-25(29(27)39)36(32(41)26-3-2-6-43-26)18-33-14-19-7-20(15-33)9-21(8-19)16-33/h10-11,13,17,19-21,25-27,29,37,39H,2-9,12,14-16,18H2,1H3,(H,35,40). The van der Waals surface area contributed by atoms with Crippen molar-refractivity contribution in [1.82, 2.24) is 10.2 Å². The number of hydrogen-bond acceptors (Lipinski definition) is 8. The van der Waals surface area contributed by atoms with Gasteiger partial charge in [-0.1, -0.05) is 0 Å². The maximum Gasteiger partial charge on any atom is 0.252 e. The Morgan fingerprint density at radius 1 is 1.18 bits per heavy atom. The largest absolute Gasteiger partial charge is 0.493 e. The molecular weight excluding hydrogens is 679 g/mol. The van der Waals surface area contributed by atoms with Crippen LogP contribution in [0, 0.1) is 26.7 Å². The number of benzene rings is 1. The predicted octanol–water partition coefficient (Wildman–Crippen LogP) is 3.25. The number of aliphatic hydroxyl groups excluding tert-OH is 2. The van der Waals surface area contributed by atoms with Gasteiger partial charge in [-0.2, -0.15) is 0 Å². The van der Waals surface area contributed by atoms with E-state index in [2.05, 4.69) is 27.9 Å². The molecule has 44 heavy (non-hydrogen) atoms. The molecule has 6 aliphatic rings. The van der Waals surface area contributed by atoms with Crippen LogP contribution in [0.3, 0.4) is 0 Å². The Kier molecular flexibility index (Phi) is 9.56. The van der Waals surface area contributed by atoms with E-state index in [1.807, 2.05) is 4.90 Å². The van der Waals surface area contributed by atoms with Crippen LogP contribution >= 0.6 is 22.6 Å². The van der Waals surface area contributed by atoms with Gasteiger partial charge in [0.25, 0.3) is 5.91 Å². The SMILES string of the molecule is COc1cc(C=O)cc(I)c1OC1C=C(C(=O)NCCO)CC(N(CC23CC4CC(CC(C4)C2)C3)C(=O)C2CCCO2)C1O. The fourth-order valence-electron chi connectivity index (χ4n) is 9.00. The van der Waals surface area contributed by atoms with Crippen LogP contribution < -0.4 is 14.8 Å². The summed E-state index contributed by atoms with van der Waals surface area (Å²) in [5, 5.41) is 24.1. The van der Waals surface area contributed by atoms with Crippen molar-refractivity contribution in [1.29, 1.82) is 0 Å². The molecule has 10 nitrogen and oxygen atoms in total. The highest BCUT2D eigenvalue weighted by Gasteiger charge is 2.53. The van der Waals surface area contributed by atoms with E-state index in [9.17, 15) is 24.6 Å². The molecule has 3 N–H and O–H groups in total. The lowest BCUT2D eigenvalue weighted by Crippen LogP contribution is -2.61. The minimum Gasteiger partial charge on any atom is -0.493 e. The number of ether oxygens (including phenoxy) is 3. The van der Waals surface area contributed by atoms with Crippen molar-refractivity contribution in [3.63, 3.8) is 0 Å². The third-order valence-corrected chi connectivity index (χ3v) is 11.2. The van der Waals surface area contributed by atoms with Gasteiger partial charge in [0.2, 0.25) is 5.91 Å². The third-order valence-electron chi connectivity index (χ3n) is 10.4. The average Bonchev–Trinajstić information content (AvgIpc) is 3.55. The van der Waals surface area contributed by atoms with Crippen molar-refractivity contribution in [2.24, 2.45) is 23.2 Å². The topological polar surface area (TPSA) is 135 Å². The van der Waals surface area contributed by atoms with Gasteiger partial charge in [0, 0.05) is 37.3 Å². The highest BCUT2D eigenvalue weighted by Crippen LogP contribution is 2.60. The first-order valence-corrected chi connectivity index (χ1v) is 17.0. The maximum absolute atomic E-state index is 14.3. The van der Waals surface area contributed by atoms with Gasteiger partial charge in [0.1, 0.15) is 24.6 Å². The van der Waals surface area contributed by atoms with Crippen molar-refractivity contribution in [3.05, 3.63) is 32.9 Å². The van der Waals surface area contributed by atoms with Crippen LogP contribution in [0.2, 0.25) is 0 Å². The van der Waals surface area contributed by atoms with Gasteiger partial charge in [-0.25, -0.2) is 0 Å². The molecular formula is C33H43IN2O8. The minimum absolute atomic E-state index is 0.00280. The molecule has 0 aromatic heterocycles. The van der Waals surface area contributed by atoms with Gasteiger partial charge < -0.3 is 34.6 Å². The molecule has 5 aliphatic carbocycles. The smallest absolute Gasteiger partial charge is 0.252 e. The summed E-state index contributed by atoms with van der Waals surface area (Å²) in [7, 11) is 1.48. The average molecular weight is 723 g/mol. The molecule has 7 rings (SSSR count). The number of carbonyl (C=O) groups excluding carboxylic acids is 3. The summed E-state index contributed by atoms with van der Waals surface area (Å²) in [5.41, 5.74) is 0.806. The Hall–Kier alpha value is -2.22. The van der Waals surface area contributed by atoms with E-state index in [0.29, 0.717) is 63.5 Å². The zero-order valence-corrected chi connectivity index (χ0v) is 27.4. The van der Waals surface area contributed by atoms with Crippen molar-refractivity contribution in [2.45, 2.75) is 82.1 Å². The van der Waals surface area contributed by atoms with Crippen molar-refractivity contribution >= 4 is 40.7 Å². The lowest BCUT2D eigenvalue weighted by Gasteiger charge is -2.58. The van der Waals surface area contributed by atoms with E-state index >= 15 is 0 Å². The van der Waals surface area contributed by atoms with Crippen molar-refractivity contribution in [3.8, 4) is 11.5 Å². The molecule has 0 spiro atoms. The molecule has 1 aromatic rings. The fraction of sp³-hybridized carbons (Fsp3) is 0.667. The number of amides is 2. The molecule has 1 saturated heterocycles. The van der Waals surface area contributed by atoms with Gasteiger partial charge in [0.05, 0.1) is 23.3 Å². The van der Waals surface area contributed by atoms with E-state index in [1.165, 1.54) is 26.4 Å². The van der Waals surface area contributed by atoms with E-state index in [-0.39, 0.29) is 36.8 Å². The zero-order chi connectivity index (χ0) is 31.0. The normalized spacial score (nSPS) is 33.9. The molecule has 1 heterocycles. The molecule has 4 saturated carbocycles. The fourth-order valence-corrected chi connectivity index (χ4v) is 9.75. The lowest BCUT2D eigenvalue weighted by molar-refractivity contribution is -0.156. The molecule has 1 aliphatic heterocycles. The molecule has 1 aromatic carbocycles. The number of nitrogens with zero attached hydrogens (tertiary/aromatic N) is 1. The highest BCUT2D eigenvalue weighted by atomic mass is 127. The molecule has 0 radical (unpaired) electrons. The number of aliphatic hydroxyl groups is 2. The lowest BCUT2D eigenvalue weighted by atomic mass is 9.49. The Bertz CT molecular complexity index is 1260. The molecule has 4 atom stereocenters. The number of methoxy groups -OCH3 is 1. The first kappa shape index (κ1) is 31.7. The molecule has 4 bridgehead atoms. The van der Waals surface area contributed by atoms with Crippen LogP contribution in [-0.2, 0) is 14.3 Å². The third kappa shape index (κ3) is 6.39. The van der Waals surface area contributed by atoms with Crippen LogP contribution in [0.5, 0.6) is 11.5 Å². The number of halogens is 1. The Labute approximate surface area is 272 Å². The monoisotopic (exact) mass is 722 g/mol. The van der Waals surface area contributed by atoms with E-state index in [0.717, 1.165) is 32.0 Å². The Balaban J connectivity index is 1.35. The molecule has 5 fully saturated rings. The second kappa shape index (κ2) is 13.3. The van der Waals surface area contributed by atoms with Gasteiger partial charge in [0.15, 0.2) is 11.5 Å². The second-order valence-corrected chi connectivity index (χ2v) is 14.7. The Morgan fingerprint density at radius 3 is 2.48 bits per heavy atom. The van der Waals surface area contributed by atoms with Crippen LogP contribution in [0.25, 0.3) is 0 Å². The van der Waals surface area contributed by atoms with Crippen molar-refractivity contribution in [2.75, 3.05) is 33.4 Å². The summed E-state index contributed by atoms with van der Waals surface area (Å²) in [5.74, 6) is 2.25. The quantitative estimate of drug-likeness (QED) is 0.234. The summed E-state index contributed by atoms with van der Waals surface area (Å²) in [6, 6.07) is 2.51. The predicted molar refractivity (Wildman–Crippen MR) is 169 cm³/mol. The number of nitrogens with one attached hydrogen (secondary N) is 1. The summed E-state index contributed by atoms with van der Waals surface area (Å²) in [4.78, 5) is 40.9. The summed E-state index contributed by atoms with van der Waals surface area (Å²) < 4.78 is 18.4. The molecule has 11 heteroatoms. The first-order valence-electron chi connectivity index (χ1n) is 15.9. The van der Waals surface area contributed by atoms with E-state index in [1.54, 1.807) is 18.2 Å². The number of rotatable bonds is 11. The number of carbonyl (C=O) groups is 3. The summed E-state index contributed by atoms with van der Waals surface area (Å²) in [6.07, 6.45) is 8.36. The highest BCUT2D eigenvalue weighted by molar-refractivity contribution is 14.1. The van der Waals surface area contributed by atoms with Crippen molar-refractivity contribution < 1.29 is 38.8 Å². The Morgan fingerprint density at radius 2 is 1.89 bits per heavy atom. The number of hydrogen-bond donors (Lipinski definition) is 3. The van der Waals surface area contributed by atoms with Gasteiger partial charge in [-0.05, 0) is 115 Å². The van der Waals surface area contributed by atoms with Gasteiger partial charge in [-0.3, -0.25) is 14.4 Å². The minimum atomic E-state index is -1.14. The van der Waals surface area contributed by atoms with E-state index in [4.69, 9.17) is 14.2 Å². The molecule has 2 amide bonds. The second-order valence-electron chi connectivity index (χ2n) is 13.6. The van der Waals surface area contributed by atoms with Crippen LogP contribution in [-0.4, -0.2) is 91.0 Å². The zero-order valence-electron chi connectivity index (χ0n) is 25.2. The number of aldehydes is 1. The van der Waals surface area contributed by atoms with Gasteiger partial charge in [-0.15, -0.1) is 0 Å². The summed E-state index contributed by atoms with van der Waals surface area (Å²) in [6.45, 7) is 0.938. The molecule has 240 valence electrons. The van der Waals surface area contributed by atoms with Crippen LogP contribution in [0.4, 0.5) is 0 Å². The maximum atomic E-state index is 14.3.